The Labute approximate surface area is 162 Å². The van der Waals surface area contributed by atoms with Gasteiger partial charge >= 0.3 is 0 Å². The highest BCUT2D eigenvalue weighted by Gasteiger charge is 2.24. The van der Waals surface area contributed by atoms with Crippen LogP contribution in [0.3, 0.4) is 0 Å². The molecule has 0 radical (unpaired) electrons. The number of sulfonamides is 1. The molecular formula is C17H18Cl2N2O4S. The zero-order valence-electron chi connectivity index (χ0n) is 14.2. The summed E-state index contributed by atoms with van der Waals surface area (Å²) in [4.78, 5) is 12.4. The molecule has 0 bridgehead atoms. The van der Waals surface area contributed by atoms with Gasteiger partial charge in [-0.05, 0) is 37.3 Å². The molecule has 0 fully saturated rings. The van der Waals surface area contributed by atoms with Crippen LogP contribution >= 0.6 is 23.2 Å². The first-order valence-corrected chi connectivity index (χ1v) is 10.3. The molecule has 26 heavy (non-hydrogen) atoms. The van der Waals surface area contributed by atoms with Crippen LogP contribution < -0.4 is 14.4 Å². The molecule has 2 aromatic carbocycles. The molecule has 0 saturated heterocycles. The van der Waals surface area contributed by atoms with E-state index < -0.39 is 22.5 Å². The number of nitrogens with zero attached hydrogens (tertiary/aromatic N) is 1. The van der Waals surface area contributed by atoms with E-state index in [2.05, 4.69) is 5.32 Å². The standard InChI is InChI=1S/C17H18Cl2N2O4S/c1-3-25-16-7-5-4-6-15(16)21(26(2,23)24)11-17(22)20-12-8-9-13(18)14(19)10-12/h4-10H,3,11H2,1-2H3,(H,20,22). The Bertz CT molecular complexity index is 903. The van der Waals surface area contributed by atoms with Gasteiger partial charge < -0.3 is 10.1 Å². The lowest BCUT2D eigenvalue weighted by Gasteiger charge is -2.24. The maximum Gasteiger partial charge on any atom is 0.245 e. The second kappa shape index (κ2) is 8.62. The van der Waals surface area contributed by atoms with Gasteiger partial charge in [0.15, 0.2) is 0 Å². The van der Waals surface area contributed by atoms with Gasteiger partial charge in [0.1, 0.15) is 12.3 Å². The molecule has 0 unspecified atom stereocenters. The maximum absolute atomic E-state index is 12.4. The smallest absolute Gasteiger partial charge is 0.245 e. The molecule has 0 saturated carbocycles. The van der Waals surface area contributed by atoms with Gasteiger partial charge in [0, 0.05) is 5.69 Å². The number of halogens is 2. The summed E-state index contributed by atoms with van der Waals surface area (Å²) in [6, 6.07) is 11.2. The molecule has 1 N–H and O–H groups in total. The summed E-state index contributed by atoms with van der Waals surface area (Å²) in [5, 5.41) is 3.24. The fraction of sp³-hybridized carbons (Fsp3) is 0.235. The van der Waals surface area contributed by atoms with E-state index in [4.69, 9.17) is 27.9 Å². The van der Waals surface area contributed by atoms with Crippen LogP contribution in [0.25, 0.3) is 0 Å². The van der Waals surface area contributed by atoms with Crippen LogP contribution in [-0.2, 0) is 14.8 Å². The van der Waals surface area contributed by atoms with Crippen LogP contribution in [0.5, 0.6) is 5.75 Å². The quantitative estimate of drug-likeness (QED) is 0.744. The fourth-order valence-electron chi connectivity index (χ4n) is 2.23. The lowest BCUT2D eigenvalue weighted by Crippen LogP contribution is -2.37. The van der Waals surface area contributed by atoms with E-state index in [0.29, 0.717) is 28.8 Å². The van der Waals surface area contributed by atoms with Crippen molar-refractivity contribution in [2.75, 3.05) is 29.0 Å². The lowest BCUT2D eigenvalue weighted by molar-refractivity contribution is -0.114. The van der Waals surface area contributed by atoms with Gasteiger partial charge in [-0.3, -0.25) is 9.10 Å². The third-order valence-corrected chi connectivity index (χ3v) is 5.19. The van der Waals surface area contributed by atoms with Gasteiger partial charge in [0.25, 0.3) is 0 Å². The highest BCUT2D eigenvalue weighted by Crippen LogP contribution is 2.30. The van der Waals surface area contributed by atoms with Crippen molar-refractivity contribution in [3.63, 3.8) is 0 Å². The number of hydrogen-bond acceptors (Lipinski definition) is 4. The van der Waals surface area contributed by atoms with Crippen LogP contribution in [0.15, 0.2) is 42.5 Å². The maximum atomic E-state index is 12.4. The minimum atomic E-state index is -3.72. The van der Waals surface area contributed by atoms with Gasteiger partial charge in [-0.25, -0.2) is 8.42 Å². The van der Waals surface area contributed by atoms with Crippen molar-refractivity contribution < 1.29 is 17.9 Å². The molecule has 2 aromatic rings. The van der Waals surface area contributed by atoms with E-state index in [1.165, 1.54) is 12.1 Å². The highest BCUT2D eigenvalue weighted by atomic mass is 35.5. The predicted molar refractivity (Wildman–Crippen MR) is 105 cm³/mol. The first-order valence-electron chi connectivity index (χ1n) is 7.66. The number of rotatable bonds is 7. The summed E-state index contributed by atoms with van der Waals surface area (Å²) in [6.07, 6.45) is 1.03. The summed E-state index contributed by atoms with van der Waals surface area (Å²) in [6.45, 7) is 1.74. The fourth-order valence-corrected chi connectivity index (χ4v) is 3.38. The first kappa shape index (κ1) is 20.4. The molecule has 0 heterocycles. The molecule has 0 atom stereocenters. The van der Waals surface area contributed by atoms with Crippen LogP contribution in [0.4, 0.5) is 11.4 Å². The molecule has 0 spiro atoms. The third-order valence-electron chi connectivity index (χ3n) is 3.32. The monoisotopic (exact) mass is 416 g/mol. The molecule has 9 heteroatoms. The number of nitrogens with one attached hydrogen (secondary N) is 1. The summed E-state index contributed by atoms with van der Waals surface area (Å²) in [7, 11) is -3.72. The van der Waals surface area contributed by atoms with Crippen LogP contribution in [-0.4, -0.2) is 33.7 Å². The van der Waals surface area contributed by atoms with Gasteiger partial charge in [-0.15, -0.1) is 0 Å². The van der Waals surface area contributed by atoms with Gasteiger partial charge in [-0.1, -0.05) is 35.3 Å². The van der Waals surface area contributed by atoms with E-state index >= 15 is 0 Å². The Morgan fingerprint density at radius 2 is 1.85 bits per heavy atom. The van der Waals surface area contributed by atoms with Crippen molar-refractivity contribution in [3.05, 3.63) is 52.5 Å². The molecule has 0 aliphatic carbocycles. The zero-order chi connectivity index (χ0) is 19.3. The molecular weight excluding hydrogens is 399 g/mol. The second-order valence-corrected chi connectivity index (χ2v) is 8.07. The summed E-state index contributed by atoms with van der Waals surface area (Å²) < 4.78 is 30.9. The molecule has 140 valence electrons. The first-order chi connectivity index (χ1) is 12.2. The van der Waals surface area contributed by atoms with Crippen LogP contribution in [0.2, 0.25) is 10.0 Å². The molecule has 1 amide bonds. The summed E-state index contributed by atoms with van der Waals surface area (Å²) in [5.74, 6) is -0.150. The second-order valence-electron chi connectivity index (χ2n) is 5.35. The average molecular weight is 417 g/mol. The Morgan fingerprint density at radius 1 is 1.15 bits per heavy atom. The minimum absolute atomic E-state index is 0.283. The number of ether oxygens (including phenoxy) is 1. The van der Waals surface area contributed by atoms with Crippen molar-refractivity contribution >= 4 is 50.5 Å². The van der Waals surface area contributed by atoms with E-state index in [-0.39, 0.29) is 5.02 Å². The van der Waals surface area contributed by atoms with Crippen molar-refractivity contribution in [3.8, 4) is 5.75 Å². The van der Waals surface area contributed by atoms with Gasteiger partial charge in [0.2, 0.25) is 15.9 Å². The van der Waals surface area contributed by atoms with Crippen molar-refractivity contribution in [1.82, 2.24) is 0 Å². The number of carbonyl (C=O) groups excluding carboxylic acids is 1. The highest BCUT2D eigenvalue weighted by molar-refractivity contribution is 7.92. The SMILES string of the molecule is CCOc1ccccc1N(CC(=O)Nc1ccc(Cl)c(Cl)c1)S(C)(=O)=O. The van der Waals surface area contributed by atoms with Crippen molar-refractivity contribution in [1.29, 1.82) is 0 Å². The summed E-state index contributed by atoms with van der Waals surface area (Å²) in [5.41, 5.74) is 0.706. The number of para-hydroxylation sites is 2. The van der Waals surface area contributed by atoms with E-state index in [9.17, 15) is 13.2 Å². The third kappa shape index (κ3) is 5.27. The molecule has 0 aliphatic rings. The largest absolute Gasteiger partial charge is 0.492 e. The van der Waals surface area contributed by atoms with Gasteiger partial charge in [0.05, 0.1) is 28.6 Å². The van der Waals surface area contributed by atoms with Crippen molar-refractivity contribution in [2.24, 2.45) is 0 Å². The molecule has 6 nitrogen and oxygen atoms in total. The Balaban J connectivity index is 2.26. The van der Waals surface area contributed by atoms with E-state index in [0.717, 1.165) is 10.6 Å². The van der Waals surface area contributed by atoms with Crippen molar-refractivity contribution in [2.45, 2.75) is 6.92 Å². The normalized spacial score (nSPS) is 11.1. The van der Waals surface area contributed by atoms with Gasteiger partial charge in [-0.2, -0.15) is 0 Å². The lowest BCUT2D eigenvalue weighted by atomic mass is 10.3. The molecule has 2 rings (SSSR count). The predicted octanol–water partition coefficient (Wildman–Crippen LogP) is 3.80. The Morgan fingerprint density at radius 3 is 2.46 bits per heavy atom. The Hall–Kier alpha value is -1.96. The summed E-state index contributed by atoms with van der Waals surface area (Å²) >= 11 is 11.8. The minimum Gasteiger partial charge on any atom is -0.492 e. The zero-order valence-corrected chi connectivity index (χ0v) is 16.5. The van der Waals surface area contributed by atoms with E-state index in [1.807, 2.05) is 0 Å². The molecule has 0 aliphatic heterocycles. The average Bonchev–Trinajstić information content (AvgIpc) is 2.56. The number of anilines is 2. The Kier molecular flexibility index (Phi) is 6.75. The van der Waals surface area contributed by atoms with Crippen LogP contribution in [0.1, 0.15) is 6.92 Å². The number of amides is 1. The number of carbonyl (C=O) groups is 1. The topological polar surface area (TPSA) is 75.7 Å². The van der Waals surface area contributed by atoms with E-state index in [1.54, 1.807) is 37.3 Å². The van der Waals surface area contributed by atoms with Crippen LogP contribution in [0, 0.1) is 0 Å². The number of benzene rings is 2. The molecule has 0 aromatic heterocycles. The number of hydrogen-bond donors (Lipinski definition) is 1.